The number of urea groups is 1. The molecule has 2 N–H and O–H groups in total. The van der Waals surface area contributed by atoms with Gasteiger partial charge in [0.2, 0.25) is 0 Å². The van der Waals surface area contributed by atoms with Crippen LogP contribution in [-0.4, -0.2) is 48.7 Å². The van der Waals surface area contributed by atoms with Crippen molar-refractivity contribution in [3.05, 3.63) is 54.1 Å². The van der Waals surface area contributed by atoms with Crippen molar-refractivity contribution in [1.82, 2.24) is 10.2 Å². The van der Waals surface area contributed by atoms with Crippen molar-refractivity contribution in [1.29, 1.82) is 0 Å². The molecule has 7 nitrogen and oxygen atoms in total. The summed E-state index contributed by atoms with van der Waals surface area (Å²) in [6.45, 7) is 1.70. The lowest BCUT2D eigenvalue weighted by molar-refractivity contribution is 0.0915. The van der Waals surface area contributed by atoms with Crippen LogP contribution in [0.25, 0.3) is 0 Å². The predicted molar refractivity (Wildman–Crippen MR) is 107 cm³/mol. The molecule has 3 atom stereocenters. The molecule has 2 aromatic rings. The van der Waals surface area contributed by atoms with Crippen LogP contribution in [-0.2, 0) is 0 Å². The summed E-state index contributed by atoms with van der Waals surface area (Å²) in [5.74, 6) is 1.60. The van der Waals surface area contributed by atoms with Gasteiger partial charge in [0, 0.05) is 35.9 Å². The first-order chi connectivity index (χ1) is 14.2. The quantitative estimate of drug-likeness (QED) is 0.840. The number of nitrogens with zero attached hydrogens (tertiary/aromatic N) is 1. The molecule has 2 aliphatic heterocycles. The molecule has 150 valence electrons. The minimum Gasteiger partial charge on any atom is -0.486 e. The Bertz CT molecular complexity index is 933. The molecule has 7 heteroatoms. The number of amides is 3. The van der Waals surface area contributed by atoms with Gasteiger partial charge in [-0.2, -0.15) is 0 Å². The lowest BCUT2D eigenvalue weighted by Crippen LogP contribution is -2.48. The maximum absolute atomic E-state index is 12.8. The van der Waals surface area contributed by atoms with E-state index in [0.717, 1.165) is 12.8 Å². The Balaban J connectivity index is 1.18. The van der Waals surface area contributed by atoms with Crippen molar-refractivity contribution in [2.45, 2.75) is 24.9 Å². The van der Waals surface area contributed by atoms with Gasteiger partial charge in [0.1, 0.15) is 13.2 Å². The molecular weight excluding hydrogens is 370 g/mol. The highest BCUT2D eigenvalue weighted by Crippen LogP contribution is 2.39. The molecule has 0 spiro atoms. The summed E-state index contributed by atoms with van der Waals surface area (Å²) < 4.78 is 11.1. The van der Waals surface area contributed by atoms with Gasteiger partial charge in [-0.1, -0.05) is 18.2 Å². The highest BCUT2D eigenvalue weighted by Gasteiger charge is 2.47. The molecular formula is C22H23N3O4. The van der Waals surface area contributed by atoms with Crippen molar-refractivity contribution in [3.8, 4) is 11.5 Å². The molecule has 0 radical (unpaired) electrons. The average molecular weight is 393 g/mol. The summed E-state index contributed by atoms with van der Waals surface area (Å²) >= 11 is 0. The number of fused-ring (bicyclic) bond motifs is 3. The van der Waals surface area contributed by atoms with Gasteiger partial charge < -0.3 is 25.0 Å². The first-order valence-electron chi connectivity index (χ1n) is 10.0. The Morgan fingerprint density at radius 3 is 2.52 bits per heavy atom. The Morgan fingerprint density at radius 1 is 0.966 bits per heavy atom. The molecule has 2 fully saturated rings. The fraction of sp³-hybridized carbons (Fsp3) is 0.364. The van der Waals surface area contributed by atoms with Gasteiger partial charge in [0.05, 0.1) is 0 Å². The summed E-state index contributed by atoms with van der Waals surface area (Å²) in [7, 11) is 0. The van der Waals surface area contributed by atoms with E-state index in [2.05, 4.69) is 10.6 Å². The van der Waals surface area contributed by atoms with E-state index in [4.69, 9.17) is 9.47 Å². The van der Waals surface area contributed by atoms with Crippen molar-refractivity contribution in [3.63, 3.8) is 0 Å². The molecule has 29 heavy (non-hydrogen) atoms. The number of nitrogens with one attached hydrogen (secondary N) is 2. The second-order valence-corrected chi connectivity index (χ2v) is 7.77. The SMILES string of the molecule is O=C(N[C@H]1C[C@@H]2C[C@H]1CN2C(=O)Nc1ccc2c(c1)OCCO2)c1ccccc1. The number of ether oxygens (including phenoxy) is 2. The number of benzene rings is 2. The second-order valence-electron chi connectivity index (χ2n) is 7.77. The highest BCUT2D eigenvalue weighted by molar-refractivity contribution is 5.94. The smallest absolute Gasteiger partial charge is 0.322 e. The number of carbonyl (C=O) groups excluding carboxylic acids is 2. The first kappa shape index (κ1) is 17.8. The molecule has 2 bridgehead atoms. The molecule has 0 aromatic heterocycles. The van der Waals surface area contributed by atoms with Gasteiger partial charge in [-0.05, 0) is 43.0 Å². The number of piperidine rings is 1. The van der Waals surface area contributed by atoms with Crippen molar-refractivity contribution in [2.24, 2.45) is 5.92 Å². The van der Waals surface area contributed by atoms with Gasteiger partial charge in [0.15, 0.2) is 11.5 Å². The van der Waals surface area contributed by atoms with E-state index in [0.29, 0.717) is 48.4 Å². The third-order valence-corrected chi connectivity index (χ3v) is 5.95. The lowest BCUT2D eigenvalue weighted by atomic mass is 10.0. The summed E-state index contributed by atoms with van der Waals surface area (Å²) in [5, 5.41) is 6.11. The Hall–Kier alpha value is -3.22. The maximum atomic E-state index is 12.8. The zero-order valence-corrected chi connectivity index (χ0v) is 16.0. The van der Waals surface area contributed by atoms with Gasteiger partial charge in [-0.15, -0.1) is 0 Å². The Morgan fingerprint density at radius 2 is 1.76 bits per heavy atom. The minimum absolute atomic E-state index is 0.0459. The van der Waals surface area contributed by atoms with Crippen LogP contribution in [0, 0.1) is 5.92 Å². The van der Waals surface area contributed by atoms with Crippen LogP contribution < -0.4 is 20.1 Å². The van der Waals surface area contributed by atoms with Crippen LogP contribution >= 0.6 is 0 Å². The number of likely N-dealkylation sites (tertiary alicyclic amines) is 1. The van der Waals surface area contributed by atoms with E-state index in [1.165, 1.54) is 0 Å². The number of anilines is 1. The minimum atomic E-state index is -0.109. The van der Waals surface area contributed by atoms with Crippen molar-refractivity contribution in [2.75, 3.05) is 25.1 Å². The summed E-state index contributed by atoms with van der Waals surface area (Å²) in [5.41, 5.74) is 1.36. The topological polar surface area (TPSA) is 79.9 Å². The maximum Gasteiger partial charge on any atom is 0.322 e. The fourth-order valence-electron chi connectivity index (χ4n) is 4.54. The number of hydrogen-bond acceptors (Lipinski definition) is 4. The molecule has 2 aromatic carbocycles. The molecule has 3 aliphatic rings. The van der Waals surface area contributed by atoms with E-state index in [9.17, 15) is 9.59 Å². The summed E-state index contributed by atoms with van der Waals surface area (Å²) in [6, 6.07) is 14.8. The monoisotopic (exact) mass is 393 g/mol. The second kappa shape index (κ2) is 7.31. The predicted octanol–water partition coefficient (Wildman–Crippen LogP) is 2.88. The van der Waals surface area contributed by atoms with Crippen LogP contribution in [0.1, 0.15) is 23.2 Å². The average Bonchev–Trinajstić information content (AvgIpc) is 3.35. The standard InChI is InChI=1S/C22H23N3O4/c26-21(14-4-2-1-3-5-14)24-18-12-17-10-15(18)13-25(17)22(27)23-16-6-7-19-20(11-16)29-9-8-28-19/h1-7,11,15,17-18H,8-10,12-13H2,(H,23,27)(H,24,26)/t15-,17-,18-/m0/s1. The molecule has 1 saturated carbocycles. The Kier molecular flexibility index (Phi) is 4.50. The van der Waals surface area contributed by atoms with Crippen molar-refractivity contribution >= 4 is 17.6 Å². The van der Waals surface area contributed by atoms with Crippen LogP contribution in [0.15, 0.2) is 48.5 Å². The van der Waals surface area contributed by atoms with Crippen LogP contribution in [0.2, 0.25) is 0 Å². The van der Waals surface area contributed by atoms with E-state index < -0.39 is 0 Å². The van der Waals surface area contributed by atoms with E-state index in [-0.39, 0.29) is 24.0 Å². The first-order valence-corrected chi connectivity index (χ1v) is 10.0. The molecule has 3 amide bonds. The van der Waals surface area contributed by atoms with Gasteiger partial charge >= 0.3 is 6.03 Å². The number of hydrogen-bond donors (Lipinski definition) is 2. The van der Waals surface area contributed by atoms with E-state index in [1.807, 2.05) is 47.4 Å². The molecule has 5 rings (SSSR count). The van der Waals surface area contributed by atoms with Gasteiger partial charge in [-0.25, -0.2) is 4.79 Å². The van der Waals surface area contributed by atoms with Crippen LogP contribution in [0.3, 0.4) is 0 Å². The highest BCUT2D eigenvalue weighted by atomic mass is 16.6. The number of carbonyl (C=O) groups is 2. The van der Waals surface area contributed by atoms with E-state index >= 15 is 0 Å². The van der Waals surface area contributed by atoms with E-state index in [1.54, 1.807) is 6.07 Å². The number of rotatable bonds is 3. The Labute approximate surface area is 169 Å². The molecule has 0 unspecified atom stereocenters. The third kappa shape index (κ3) is 3.48. The third-order valence-electron chi connectivity index (χ3n) is 5.95. The zero-order chi connectivity index (χ0) is 19.8. The fourth-order valence-corrected chi connectivity index (χ4v) is 4.54. The van der Waals surface area contributed by atoms with Crippen LogP contribution in [0.4, 0.5) is 10.5 Å². The molecule has 1 saturated heterocycles. The normalized spacial score (nSPS) is 24.3. The lowest BCUT2D eigenvalue weighted by Gasteiger charge is -2.32. The van der Waals surface area contributed by atoms with Crippen LogP contribution in [0.5, 0.6) is 11.5 Å². The largest absolute Gasteiger partial charge is 0.486 e. The van der Waals surface area contributed by atoms with Gasteiger partial charge in [-0.3, -0.25) is 4.79 Å². The molecule has 1 aliphatic carbocycles. The van der Waals surface area contributed by atoms with Gasteiger partial charge in [0.25, 0.3) is 5.91 Å². The van der Waals surface area contributed by atoms with Crippen molar-refractivity contribution < 1.29 is 19.1 Å². The summed E-state index contributed by atoms with van der Waals surface area (Å²) in [4.78, 5) is 27.1. The molecule has 2 heterocycles. The summed E-state index contributed by atoms with van der Waals surface area (Å²) in [6.07, 6.45) is 1.71. The zero-order valence-electron chi connectivity index (χ0n) is 16.0.